The van der Waals surface area contributed by atoms with Crippen LogP contribution in [0.15, 0.2) is 18.2 Å². The van der Waals surface area contributed by atoms with Gasteiger partial charge in [0.15, 0.2) is 0 Å². The van der Waals surface area contributed by atoms with Crippen LogP contribution in [0.5, 0.6) is 0 Å². The van der Waals surface area contributed by atoms with E-state index in [4.69, 9.17) is 5.73 Å². The van der Waals surface area contributed by atoms with Gasteiger partial charge < -0.3 is 15.7 Å². The van der Waals surface area contributed by atoms with Crippen molar-refractivity contribution in [3.8, 4) is 0 Å². The molecule has 0 spiro atoms. The summed E-state index contributed by atoms with van der Waals surface area (Å²) in [4.78, 5) is 25.2. The van der Waals surface area contributed by atoms with Gasteiger partial charge in [0.2, 0.25) is 5.91 Å². The van der Waals surface area contributed by atoms with Gasteiger partial charge in [0, 0.05) is 25.6 Å². The lowest BCUT2D eigenvalue weighted by molar-refractivity contribution is -0.132. The maximum Gasteiger partial charge on any atom is 0.335 e. The number of carbonyl (C=O) groups excluding carboxylic acids is 1. The molecule has 1 heterocycles. The topological polar surface area (TPSA) is 83.6 Å². The lowest BCUT2D eigenvalue weighted by Crippen LogP contribution is -2.39. The number of hydrogen-bond donors (Lipinski definition) is 2. The van der Waals surface area contributed by atoms with Crippen LogP contribution in [-0.2, 0) is 17.8 Å². The molecule has 0 bridgehead atoms. The van der Waals surface area contributed by atoms with E-state index in [-0.39, 0.29) is 11.9 Å². The number of carbonyl (C=O) groups is 2. The first-order chi connectivity index (χ1) is 10.0. The summed E-state index contributed by atoms with van der Waals surface area (Å²) >= 11 is 0. The molecule has 1 atom stereocenters. The third kappa shape index (κ3) is 3.61. The summed E-state index contributed by atoms with van der Waals surface area (Å²) in [6.45, 7) is 3.10. The molecule has 114 valence electrons. The average molecular weight is 290 g/mol. The zero-order valence-electron chi connectivity index (χ0n) is 12.3. The van der Waals surface area contributed by atoms with Crippen molar-refractivity contribution in [2.45, 2.75) is 45.2 Å². The fourth-order valence-electron chi connectivity index (χ4n) is 2.85. The first kappa shape index (κ1) is 15.5. The quantitative estimate of drug-likeness (QED) is 0.866. The monoisotopic (exact) mass is 290 g/mol. The molecule has 21 heavy (non-hydrogen) atoms. The van der Waals surface area contributed by atoms with Crippen LogP contribution in [0.2, 0.25) is 0 Å². The van der Waals surface area contributed by atoms with Crippen LogP contribution >= 0.6 is 0 Å². The van der Waals surface area contributed by atoms with Gasteiger partial charge in [-0.2, -0.15) is 0 Å². The number of nitrogens with two attached hydrogens (primary N) is 1. The highest BCUT2D eigenvalue weighted by Crippen LogP contribution is 2.23. The molecule has 0 aromatic heterocycles. The summed E-state index contributed by atoms with van der Waals surface area (Å²) < 4.78 is 0. The van der Waals surface area contributed by atoms with Gasteiger partial charge >= 0.3 is 5.97 Å². The van der Waals surface area contributed by atoms with E-state index in [1.165, 1.54) is 0 Å². The Labute approximate surface area is 124 Å². The van der Waals surface area contributed by atoms with Gasteiger partial charge in [-0.3, -0.25) is 4.79 Å². The molecule has 0 aliphatic carbocycles. The number of hydrogen-bond acceptors (Lipinski definition) is 3. The number of rotatable bonds is 5. The first-order valence-corrected chi connectivity index (χ1v) is 7.40. The Morgan fingerprint density at radius 1 is 1.43 bits per heavy atom. The highest BCUT2D eigenvalue weighted by Gasteiger charge is 2.24. The van der Waals surface area contributed by atoms with Crippen LogP contribution in [0, 0.1) is 0 Å². The maximum atomic E-state index is 12.2. The highest BCUT2D eigenvalue weighted by molar-refractivity contribution is 5.90. The van der Waals surface area contributed by atoms with Crippen molar-refractivity contribution in [2.24, 2.45) is 5.73 Å². The predicted octanol–water partition coefficient (Wildman–Crippen LogP) is 1.79. The lowest BCUT2D eigenvalue weighted by atomic mass is 9.94. The Balaban J connectivity index is 2.08. The summed E-state index contributed by atoms with van der Waals surface area (Å²) in [5, 5.41) is 9.20. The first-order valence-electron chi connectivity index (χ1n) is 7.40. The zero-order chi connectivity index (χ0) is 15.4. The smallest absolute Gasteiger partial charge is 0.335 e. The number of nitrogens with zero attached hydrogens (tertiary/aromatic N) is 1. The number of carboxylic acid groups (broad SMARTS) is 1. The van der Waals surface area contributed by atoms with Crippen molar-refractivity contribution in [1.29, 1.82) is 0 Å². The molecule has 1 aromatic carbocycles. The zero-order valence-corrected chi connectivity index (χ0v) is 12.3. The molecule has 1 aliphatic heterocycles. The third-order valence-corrected chi connectivity index (χ3v) is 3.95. The molecule has 0 radical (unpaired) electrons. The Kier molecular flexibility index (Phi) is 4.96. The summed E-state index contributed by atoms with van der Waals surface area (Å²) in [7, 11) is 0. The van der Waals surface area contributed by atoms with Crippen LogP contribution in [0.4, 0.5) is 0 Å². The minimum absolute atomic E-state index is 0.0577. The normalized spacial score (nSPS) is 15.4. The Morgan fingerprint density at radius 2 is 2.19 bits per heavy atom. The molecule has 1 aliphatic rings. The Morgan fingerprint density at radius 3 is 2.86 bits per heavy atom. The van der Waals surface area contributed by atoms with E-state index < -0.39 is 5.97 Å². The minimum Gasteiger partial charge on any atom is -0.478 e. The Hall–Kier alpha value is -1.88. The molecular weight excluding hydrogens is 268 g/mol. The van der Waals surface area contributed by atoms with Crippen molar-refractivity contribution >= 4 is 11.9 Å². The SMILES string of the molecule is CCCC(N)CC(=O)N1CCc2c(cccc2C(=O)O)C1. The fourth-order valence-corrected chi connectivity index (χ4v) is 2.85. The van der Waals surface area contributed by atoms with Crippen molar-refractivity contribution in [3.05, 3.63) is 34.9 Å². The third-order valence-electron chi connectivity index (χ3n) is 3.95. The number of carboxylic acids is 1. The Bertz CT molecular complexity index is 542. The molecule has 0 saturated carbocycles. The van der Waals surface area contributed by atoms with Gasteiger partial charge in [-0.15, -0.1) is 0 Å². The number of benzene rings is 1. The summed E-state index contributed by atoms with van der Waals surface area (Å²) in [6.07, 6.45) is 2.77. The van der Waals surface area contributed by atoms with Gasteiger partial charge in [0.25, 0.3) is 0 Å². The minimum atomic E-state index is -0.906. The van der Waals surface area contributed by atoms with Crippen LogP contribution in [0.3, 0.4) is 0 Å². The molecule has 0 fully saturated rings. The van der Waals surface area contributed by atoms with Crippen LogP contribution < -0.4 is 5.73 Å². The van der Waals surface area contributed by atoms with E-state index in [9.17, 15) is 14.7 Å². The molecule has 3 N–H and O–H groups in total. The van der Waals surface area contributed by atoms with Crippen molar-refractivity contribution in [2.75, 3.05) is 6.54 Å². The maximum absolute atomic E-state index is 12.2. The molecule has 0 saturated heterocycles. The molecular formula is C16H22N2O3. The van der Waals surface area contributed by atoms with Gasteiger partial charge in [-0.1, -0.05) is 25.5 Å². The van der Waals surface area contributed by atoms with Gasteiger partial charge in [-0.05, 0) is 30.0 Å². The van der Waals surface area contributed by atoms with Crippen molar-refractivity contribution in [1.82, 2.24) is 4.90 Å². The molecule has 1 amide bonds. The second-order valence-corrected chi connectivity index (χ2v) is 5.57. The number of amides is 1. The average Bonchev–Trinajstić information content (AvgIpc) is 2.46. The number of aromatic carboxylic acids is 1. The van der Waals surface area contributed by atoms with Gasteiger partial charge in [0.05, 0.1) is 5.56 Å². The van der Waals surface area contributed by atoms with Gasteiger partial charge in [-0.25, -0.2) is 4.79 Å². The van der Waals surface area contributed by atoms with Crippen molar-refractivity contribution in [3.63, 3.8) is 0 Å². The summed E-state index contributed by atoms with van der Waals surface area (Å²) in [5.41, 5.74) is 8.06. The second kappa shape index (κ2) is 6.72. The van der Waals surface area contributed by atoms with E-state index in [1.54, 1.807) is 17.0 Å². The predicted molar refractivity (Wildman–Crippen MR) is 80.0 cm³/mol. The van der Waals surface area contributed by atoms with Crippen LogP contribution in [0.1, 0.15) is 47.7 Å². The fraction of sp³-hybridized carbons (Fsp3) is 0.500. The molecule has 5 heteroatoms. The summed E-state index contributed by atoms with van der Waals surface area (Å²) in [6, 6.07) is 5.16. The molecule has 1 unspecified atom stereocenters. The van der Waals surface area contributed by atoms with E-state index in [0.29, 0.717) is 31.5 Å². The van der Waals surface area contributed by atoms with Crippen LogP contribution in [-0.4, -0.2) is 34.5 Å². The lowest BCUT2D eigenvalue weighted by Gasteiger charge is -2.30. The molecule has 5 nitrogen and oxygen atoms in total. The van der Waals surface area contributed by atoms with E-state index in [1.807, 2.05) is 6.07 Å². The van der Waals surface area contributed by atoms with E-state index >= 15 is 0 Å². The van der Waals surface area contributed by atoms with Crippen LogP contribution in [0.25, 0.3) is 0 Å². The molecule has 2 rings (SSSR count). The van der Waals surface area contributed by atoms with Gasteiger partial charge in [0.1, 0.15) is 0 Å². The number of fused-ring (bicyclic) bond motifs is 1. The highest BCUT2D eigenvalue weighted by atomic mass is 16.4. The van der Waals surface area contributed by atoms with Crippen molar-refractivity contribution < 1.29 is 14.7 Å². The molecule has 1 aromatic rings. The summed E-state index contributed by atoms with van der Waals surface area (Å²) in [5.74, 6) is -0.848. The largest absolute Gasteiger partial charge is 0.478 e. The van der Waals surface area contributed by atoms with E-state index in [2.05, 4.69) is 6.92 Å². The van der Waals surface area contributed by atoms with E-state index in [0.717, 1.165) is 24.0 Å². The standard InChI is InChI=1S/C16H22N2O3/c1-2-4-12(17)9-15(19)18-8-7-13-11(10-18)5-3-6-14(13)16(20)21/h3,5-6,12H,2,4,7-10,17H2,1H3,(H,20,21). The second-order valence-electron chi connectivity index (χ2n) is 5.57.